The van der Waals surface area contributed by atoms with Crippen LogP contribution < -0.4 is 10.1 Å². The Morgan fingerprint density at radius 1 is 1.23 bits per heavy atom. The molecule has 186 valence electrons. The normalized spacial score (nSPS) is 18.9. The van der Waals surface area contributed by atoms with Gasteiger partial charge in [-0.1, -0.05) is 0 Å². The van der Waals surface area contributed by atoms with Gasteiger partial charge in [0.1, 0.15) is 17.4 Å². The number of ether oxygens (including phenoxy) is 2. The molecule has 3 heterocycles. The summed E-state index contributed by atoms with van der Waals surface area (Å²) in [6, 6.07) is 4.56. The molecule has 1 aromatic carbocycles. The molecule has 0 radical (unpaired) electrons. The zero-order valence-corrected chi connectivity index (χ0v) is 20.3. The van der Waals surface area contributed by atoms with Gasteiger partial charge in [-0.05, 0) is 51.8 Å². The van der Waals surface area contributed by atoms with Gasteiger partial charge >= 0.3 is 6.18 Å². The number of rotatable bonds is 7. The molecule has 35 heavy (non-hydrogen) atoms. The Morgan fingerprint density at radius 2 is 1.97 bits per heavy atom. The summed E-state index contributed by atoms with van der Waals surface area (Å²) in [6.45, 7) is 6.62. The number of aryl methyl sites for hydroxylation is 1. The quantitative estimate of drug-likeness (QED) is 0.464. The van der Waals surface area contributed by atoms with Crippen molar-refractivity contribution >= 4 is 17.2 Å². The average Bonchev–Trinajstić information content (AvgIpc) is 3.46. The van der Waals surface area contributed by atoms with Crippen LogP contribution >= 0.6 is 11.3 Å². The monoisotopic (exact) mass is 506 g/mol. The van der Waals surface area contributed by atoms with E-state index in [0.717, 1.165) is 40.7 Å². The molecule has 1 amide bonds. The van der Waals surface area contributed by atoms with Crippen molar-refractivity contribution in [3.63, 3.8) is 0 Å². The van der Waals surface area contributed by atoms with E-state index in [2.05, 4.69) is 20.3 Å². The lowest BCUT2D eigenvalue weighted by Gasteiger charge is -2.23. The molecule has 1 aliphatic rings. The number of carbonyl (C=O) groups is 1. The van der Waals surface area contributed by atoms with Crippen LogP contribution in [0.2, 0.25) is 0 Å². The van der Waals surface area contributed by atoms with E-state index in [4.69, 9.17) is 9.47 Å². The van der Waals surface area contributed by atoms with Gasteiger partial charge in [0.25, 0.3) is 5.91 Å². The SMILES string of the molecule is Cc1cnc(-c2cc(OCC3(C)CCCO3)cc(C(=O)NC(C)c3cnc(C(F)(F)F)nc3)c2)s1. The van der Waals surface area contributed by atoms with E-state index in [1.807, 2.05) is 19.9 Å². The zero-order valence-electron chi connectivity index (χ0n) is 19.5. The van der Waals surface area contributed by atoms with Crippen molar-refractivity contribution in [3.05, 3.63) is 58.6 Å². The maximum atomic E-state index is 13.1. The summed E-state index contributed by atoms with van der Waals surface area (Å²) in [5.41, 5.74) is 1.03. The fourth-order valence-electron chi connectivity index (χ4n) is 3.68. The summed E-state index contributed by atoms with van der Waals surface area (Å²) in [5.74, 6) is -1.14. The predicted octanol–water partition coefficient (Wildman–Crippen LogP) is 5.37. The predicted molar refractivity (Wildman–Crippen MR) is 124 cm³/mol. The van der Waals surface area contributed by atoms with E-state index in [9.17, 15) is 18.0 Å². The highest BCUT2D eigenvalue weighted by molar-refractivity contribution is 7.14. The molecule has 0 saturated carbocycles. The van der Waals surface area contributed by atoms with Crippen LogP contribution in [0.3, 0.4) is 0 Å². The van der Waals surface area contributed by atoms with Gasteiger partial charge in [0.15, 0.2) is 0 Å². The maximum Gasteiger partial charge on any atom is 0.451 e. The van der Waals surface area contributed by atoms with Gasteiger partial charge in [-0.25, -0.2) is 15.0 Å². The van der Waals surface area contributed by atoms with Gasteiger partial charge in [0.2, 0.25) is 5.82 Å². The van der Waals surface area contributed by atoms with E-state index >= 15 is 0 Å². The molecule has 1 fully saturated rings. The summed E-state index contributed by atoms with van der Waals surface area (Å²) < 4.78 is 50.0. The average molecular weight is 507 g/mol. The van der Waals surface area contributed by atoms with Crippen molar-refractivity contribution in [3.8, 4) is 16.3 Å². The number of alkyl halides is 3. The molecular formula is C24H25F3N4O3S. The summed E-state index contributed by atoms with van der Waals surface area (Å²) in [6.07, 6.45) is 1.11. The highest BCUT2D eigenvalue weighted by atomic mass is 32.1. The number of thiazole rings is 1. The highest BCUT2D eigenvalue weighted by Gasteiger charge is 2.34. The smallest absolute Gasteiger partial charge is 0.451 e. The molecule has 0 aliphatic carbocycles. The van der Waals surface area contributed by atoms with Gasteiger partial charge in [-0.15, -0.1) is 11.3 Å². The first-order chi connectivity index (χ1) is 16.5. The van der Waals surface area contributed by atoms with Crippen LogP contribution in [-0.2, 0) is 10.9 Å². The first-order valence-electron chi connectivity index (χ1n) is 11.1. The number of halogens is 3. The van der Waals surface area contributed by atoms with Crippen LogP contribution in [0, 0.1) is 6.92 Å². The fraction of sp³-hybridized carbons (Fsp3) is 0.417. The highest BCUT2D eigenvalue weighted by Crippen LogP contribution is 2.32. The first-order valence-corrected chi connectivity index (χ1v) is 11.9. The molecule has 3 aromatic rings. The molecule has 1 N–H and O–H groups in total. The summed E-state index contributed by atoms with van der Waals surface area (Å²) in [7, 11) is 0. The first kappa shape index (κ1) is 25.1. The second kappa shape index (κ2) is 9.90. The molecule has 2 aromatic heterocycles. The number of hydrogen-bond acceptors (Lipinski definition) is 7. The van der Waals surface area contributed by atoms with E-state index in [-0.39, 0.29) is 5.60 Å². The number of nitrogens with zero attached hydrogens (tertiary/aromatic N) is 3. The van der Waals surface area contributed by atoms with Crippen molar-refractivity contribution < 1.29 is 27.4 Å². The number of aromatic nitrogens is 3. The minimum atomic E-state index is -4.63. The number of amides is 1. The minimum absolute atomic E-state index is 0.336. The van der Waals surface area contributed by atoms with Gasteiger partial charge in [-0.2, -0.15) is 13.2 Å². The Bertz CT molecular complexity index is 1190. The third kappa shape index (κ3) is 6.15. The van der Waals surface area contributed by atoms with Gasteiger partial charge in [0, 0.05) is 46.8 Å². The van der Waals surface area contributed by atoms with E-state index < -0.39 is 23.9 Å². The van der Waals surface area contributed by atoms with Crippen LogP contribution in [0.25, 0.3) is 10.6 Å². The lowest BCUT2D eigenvalue weighted by molar-refractivity contribution is -0.145. The fourth-order valence-corrected chi connectivity index (χ4v) is 4.43. The Morgan fingerprint density at radius 3 is 2.57 bits per heavy atom. The lowest BCUT2D eigenvalue weighted by atomic mass is 10.0. The number of benzene rings is 1. The third-order valence-electron chi connectivity index (χ3n) is 5.65. The number of nitrogens with one attached hydrogen (secondary N) is 1. The van der Waals surface area contributed by atoms with Crippen molar-refractivity contribution in [1.82, 2.24) is 20.3 Å². The largest absolute Gasteiger partial charge is 0.491 e. The molecule has 7 nitrogen and oxygen atoms in total. The Kier molecular flexibility index (Phi) is 7.09. The topological polar surface area (TPSA) is 86.2 Å². The van der Waals surface area contributed by atoms with E-state index in [1.165, 1.54) is 11.3 Å². The molecule has 1 saturated heterocycles. The molecular weight excluding hydrogens is 481 g/mol. The van der Waals surface area contributed by atoms with Crippen LogP contribution in [0.5, 0.6) is 5.75 Å². The molecule has 2 atom stereocenters. The second-order valence-corrected chi connectivity index (χ2v) is 9.98. The number of hydrogen-bond donors (Lipinski definition) is 1. The molecule has 11 heteroatoms. The zero-order chi connectivity index (χ0) is 25.2. The second-order valence-electron chi connectivity index (χ2n) is 8.75. The van der Waals surface area contributed by atoms with Crippen LogP contribution in [-0.4, -0.2) is 39.7 Å². The Hall–Kier alpha value is -3.05. The lowest BCUT2D eigenvalue weighted by Crippen LogP contribution is -2.31. The molecule has 0 bridgehead atoms. The molecule has 4 rings (SSSR count). The van der Waals surface area contributed by atoms with Crippen molar-refractivity contribution in [2.75, 3.05) is 13.2 Å². The maximum absolute atomic E-state index is 13.1. The summed E-state index contributed by atoms with van der Waals surface area (Å²) in [5, 5.41) is 3.53. The minimum Gasteiger partial charge on any atom is -0.491 e. The molecule has 1 aliphatic heterocycles. The van der Waals surface area contributed by atoms with Crippen molar-refractivity contribution in [2.45, 2.75) is 51.4 Å². The van der Waals surface area contributed by atoms with Crippen LogP contribution in [0.1, 0.15) is 59.4 Å². The summed E-state index contributed by atoms with van der Waals surface area (Å²) >= 11 is 1.50. The van der Waals surface area contributed by atoms with Gasteiger partial charge < -0.3 is 14.8 Å². The van der Waals surface area contributed by atoms with Gasteiger partial charge in [-0.3, -0.25) is 4.79 Å². The van der Waals surface area contributed by atoms with E-state index in [1.54, 1.807) is 25.3 Å². The van der Waals surface area contributed by atoms with Crippen molar-refractivity contribution in [2.24, 2.45) is 0 Å². The number of carbonyl (C=O) groups excluding carboxylic acids is 1. The van der Waals surface area contributed by atoms with Crippen LogP contribution in [0.4, 0.5) is 13.2 Å². The Labute approximate surface area is 204 Å². The van der Waals surface area contributed by atoms with Gasteiger partial charge in [0.05, 0.1) is 11.6 Å². The van der Waals surface area contributed by atoms with Crippen LogP contribution in [0.15, 0.2) is 36.8 Å². The standard InChI is InChI=1S/C24H25F3N4O3S/c1-14-10-28-21(35-14)17-7-16(8-19(9-17)33-13-23(3)5-4-6-34-23)20(32)31-15(2)18-11-29-22(30-12-18)24(25,26)27/h7-12,15H,4-6,13H2,1-3H3,(H,31,32). The summed E-state index contributed by atoms with van der Waals surface area (Å²) in [4.78, 5) is 25.3. The molecule has 2 unspecified atom stereocenters. The van der Waals surface area contributed by atoms with Crippen molar-refractivity contribution in [1.29, 1.82) is 0 Å². The molecule has 0 spiro atoms. The Balaban J connectivity index is 1.55. The van der Waals surface area contributed by atoms with E-state index in [0.29, 0.717) is 30.1 Å². The third-order valence-corrected chi connectivity index (χ3v) is 6.62.